The van der Waals surface area contributed by atoms with Crippen molar-refractivity contribution in [3.63, 3.8) is 0 Å². The van der Waals surface area contributed by atoms with Crippen LogP contribution in [0.3, 0.4) is 0 Å². The smallest absolute Gasteiger partial charge is 0.118 e. The van der Waals surface area contributed by atoms with Crippen molar-refractivity contribution < 1.29 is 9.84 Å². The second-order valence-corrected chi connectivity index (χ2v) is 4.51. The third-order valence-corrected chi connectivity index (χ3v) is 3.71. The lowest BCUT2D eigenvalue weighted by Gasteiger charge is -2.46. The molecule has 0 aromatic heterocycles. The second-order valence-electron chi connectivity index (χ2n) is 4.51. The van der Waals surface area contributed by atoms with Gasteiger partial charge in [-0.3, -0.25) is 0 Å². The summed E-state index contributed by atoms with van der Waals surface area (Å²) in [4.78, 5) is 0. The number of aliphatic hydroxyl groups is 1. The van der Waals surface area contributed by atoms with Gasteiger partial charge in [0.05, 0.1) is 13.2 Å². The zero-order valence-corrected chi connectivity index (χ0v) is 9.47. The average molecular weight is 206 g/mol. The van der Waals surface area contributed by atoms with Crippen LogP contribution in [-0.4, -0.2) is 18.3 Å². The highest BCUT2D eigenvalue weighted by Crippen LogP contribution is 2.47. The van der Waals surface area contributed by atoms with Crippen molar-refractivity contribution in [2.45, 2.75) is 25.9 Å². The van der Waals surface area contributed by atoms with Gasteiger partial charge >= 0.3 is 0 Å². The molecule has 2 heteroatoms. The zero-order valence-electron chi connectivity index (χ0n) is 9.47. The number of ether oxygens (including phenoxy) is 1. The fourth-order valence-corrected chi connectivity index (χ4v) is 2.67. The van der Waals surface area contributed by atoms with Gasteiger partial charge in [-0.25, -0.2) is 0 Å². The van der Waals surface area contributed by atoms with Gasteiger partial charge in [-0.2, -0.15) is 0 Å². The van der Waals surface area contributed by atoms with Crippen molar-refractivity contribution >= 4 is 0 Å². The topological polar surface area (TPSA) is 29.5 Å². The van der Waals surface area contributed by atoms with Crippen molar-refractivity contribution in [1.29, 1.82) is 0 Å². The quantitative estimate of drug-likeness (QED) is 0.805. The van der Waals surface area contributed by atoms with E-state index >= 15 is 0 Å². The maximum absolute atomic E-state index is 9.69. The summed E-state index contributed by atoms with van der Waals surface area (Å²) in [7, 11) is 1.67. The van der Waals surface area contributed by atoms with Gasteiger partial charge in [0.25, 0.3) is 0 Å². The number of rotatable bonds is 2. The summed E-state index contributed by atoms with van der Waals surface area (Å²) in [5.74, 6) is 2.12. The molecule has 1 aliphatic rings. The number of aliphatic hydroxyl groups excluding tert-OH is 1. The Morgan fingerprint density at radius 1 is 1.07 bits per heavy atom. The zero-order chi connectivity index (χ0) is 11.0. The molecule has 1 saturated carbocycles. The van der Waals surface area contributed by atoms with Crippen LogP contribution < -0.4 is 4.74 Å². The Morgan fingerprint density at radius 2 is 1.60 bits per heavy atom. The molecule has 1 aliphatic carbocycles. The Bertz CT molecular complexity index is 321. The average Bonchev–Trinajstić information content (AvgIpc) is 2.30. The Kier molecular flexibility index (Phi) is 2.70. The summed E-state index contributed by atoms with van der Waals surface area (Å²) in [6.07, 6.45) is -0.142. The van der Waals surface area contributed by atoms with Crippen molar-refractivity contribution in [2.24, 2.45) is 11.8 Å². The first-order chi connectivity index (χ1) is 7.15. The number of hydrogen-bond donors (Lipinski definition) is 1. The maximum atomic E-state index is 9.69. The fraction of sp³-hybridized carbons (Fsp3) is 0.538. The molecule has 1 fully saturated rings. The van der Waals surface area contributed by atoms with Crippen molar-refractivity contribution in [3.05, 3.63) is 29.8 Å². The summed E-state index contributed by atoms with van der Waals surface area (Å²) < 4.78 is 5.13. The minimum atomic E-state index is -0.142. The number of hydrogen-bond acceptors (Lipinski definition) is 2. The van der Waals surface area contributed by atoms with Gasteiger partial charge in [-0.15, -0.1) is 0 Å². The lowest BCUT2D eigenvalue weighted by molar-refractivity contribution is -0.0474. The van der Waals surface area contributed by atoms with Gasteiger partial charge in [-0.05, 0) is 35.4 Å². The van der Waals surface area contributed by atoms with E-state index in [1.807, 2.05) is 12.1 Å². The molecule has 15 heavy (non-hydrogen) atoms. The largest absolute Gasteiger partial charge is 0.497 e. The molecule has 1 aromatic rings. The molecule has 2 unspecified atom stereocenters. The molecule has 1 N–H and O–H groups in total. The van der Waals surface area contributed by atoms with Gasteiger partial charge in [0.15, 0.2) is 0 Å². The van der Waals surface area contributed by atoms with Crippen molar-refractivity contribution in [1.82, 2.24) is 0 Å². The molecule has 2 atom stereocenters. The molecule has 1 aromatic carbocycles. The van der Waals surface area contributed by atoms with Crippen LogP contribution in [0.4, 0.5) is 0 Å². The van der Waals surface area contributed by atoms with Gasteiger partial charge in [-0.1, -0.05) is 26.0 Å². The summed E-state index contributed by atoms with van der Waals surface area (Å²) in [6, 6.07) is 8.17. The Balaban J connectivity index is 2.16. The molecule has 0 amide bonds. The van der Waals surface area contributed by atoms with E-state index in [-0.39, 0.29) is 6.10 Å². The van der Waals surface area contributed by atoms with Crippen LogP contribution >= 0.6 is 0 Å². The molecule has 2 nitrogen and oxygen atoms in total. The van der Waals surface area contributed by atoms with Crippen LogP contribution in [0, 0.1) is 11.8 Å². The molecule has 0 spiro atoms. The highest BCUT2D eigenvalue weighted by Gasteiger charge is 2.44. The molecule has 0 saturated heterocycles. The van der Waals surface area contributed by atoms with E-state index < -0.39 is 0 Å². The van der Waals surface area contributed by atoms with Crippen molar-refractivity contribution in [2.75, 3.05) is 7.11 Å². The standard InChI is InChI=1S/C13H18O2/c1-8-12(9(2)13(8)14)10-4-6-11(15-3)7-5-10/h4-9,12-14H,1-3H3. The molecule has 0 heterocycles. The highest BCUT2D eigenvalue weighted by molar-refractivity contribution is 5.32. The van der Waals surface area contributed by atoms with E-state index in [0.29, 0.717) is 17.8 Å². The molecule has 2 rings (SSSR count). The van der Waals surface area contributed by atoms with Gasteiger partial charge in [0, 0.05) is 0 Å². The summed E-state index contributed by atoms with van der Waals surface area (Å²) in [5.41, 5.74) is 1.31. The van der Waals surface area contributed by atoms with Crippen molar-refractivity contribution in [3.8, 4) is 5.75 Å². The molecule has 0 radical (unpaired) electrons. The van der Waals surface area contributed by atoms with E-state index in [1.54, 1.807) is 7.11 Å². The molecule has 0 bridgehead atoms. The number of benzene rings is 1. The first kappa shape index (κ1) is 10.5. The van der Waals surface area contributed by atoms with E-state index in [2.05, 4.69) is 26.0 Å². The van der Waals surface area contributed by atoms with E-state index in [9.17, 15) is 5.11 Å². The second kappa shape index (κ2) is 3.86. The van der Waals surface area contributed by atoms with Crippen LogP contribution in [-0.2, 0) is 0 Å². The maximum Gasteiger partial charge on any atom is 0.118 e. The number of methoxy groups -OCH3 is 1. The van der Waals surface area contributed by atoms with Crippen LogP contribution in [0.2, 0.25) is 0 Å². The van der Waals surface area contributed by atoms with Gasteiger partial charge in [0.1, 0.15) is 5.75 Å². The fourth-order valence-electron chi connectivity index (χ4n) is 2.67. The van der Waals surface area contributed by atoms with Gasteiger partial charge in [0.2, 0.25) is 0 Å². The Hall–Kier alpha value is -1.02. The summed E-state index contributed by atoms with van der Waals surface area (Å²) in [6.45, 7) is 4.22. The summed E-state index contributed by atoms with van der Waals surface area (Å²) in [5, 5.41) is 9.69. The first-order valence-electron chi connectivity index (χ1n) is 5.47. The molecule has 82 valence electrons. The first-order valence-corrected chi connectivity index (χ1v) is 5.47. The van der Waals surface area contributed by atoms with E-state index in [4.69, 9.17) is 4.74 Å². The lowest BCUT2D eigenvalue weighted by Crippen LogP contribution is -2.46. The monoisotopic (exact) mass is 206 g/mol. The van der Waals surface area contributed by atoms with Crippen LogP contribution in [0.5, 0.6) is 5.75 Å². The van der Waals surface area contributed by atoms with E-state index in [0.717, 1.165) is 5.75 Å². The third kappa shape index (κ3) is 1.63. The van der Waals surface area contributed by atoms with E-state index in [1.165, 1.54) is 5.56 Å². The minimum absolute atomic E-state index is 0.142. The van der Waals surface area contributed by atoms with Crippen LogP contribution in [0.15, 0.2) is 24.3 Å². The third-order valence-electron chi connectivity index (χ3n) is 3.71. The minimum Gasteiger partial charge on any atom is -0.497 e. The summed E-state index contributed by atoms with van der Waals surface area (Å²) >= 11 is 0. The van der Waals surface area contributed by atoms with Crippen LogP contribution in [0.1, 0.15) is 25.3 Å². The predicted octanol–water partition coefficient (Wildman–Crippen LogP) is 2.43. The SMILES string of the molecule is COc1ccc(C2C(C)C(O)C2C)cc1. The Labute approximate surface area is 90.9 Å². The molecule has 0 aliphatic heterocycles. The highest BCUT2D eigenvalue weighted by atomic mass is 16.5. The van der Waals surface area contributed by atoms with Crippen LogP contribution in [0.25, 0.3) is 0 Å². The Morgan fingerprint density at radius 3 is 2.07 bits per heavy atom. The van der Waals surface area contributed by atoms with Gasteiger partial charge < -0.3 is 9.84 Å². The molecular formula is C13H18O2. The predicted molar refractivity (Wildman–Crippen MR) is 60.1 cm³/mol. The molecular weight excluding hydrogens is 188 g/mol. The normalized spacial score (nSPS) is 34.7. The lowest BCUT2D eigenvalue weighted by atomic mass is 9.61.